The number of thioether (sulfide) groups is 1. The number of halogens is 1. The van der Waals surface area contributed by atoms with Crippen molar-refractivity contribution >= 4 is 45.0 Å². The number of aryl methyl sites for hydroxylation is 1. The molecule has 0 aliphatic carbocycles. The van der Waals surface area contributed by atoms with Crippen LogP contribution in [0.4, 0.5) is 10.2 Å². The molecule has 4 rings (SSSR count). The molecule has 27 heavy (non-hydrogen) atoms. The van der Waals surface area contributed by atoms with Gasteiger partial charge in [0.15, 0.2) is 0 Å². The molecule has 2 heterocycles. The third-order valence-electron chi connectivity index (χ3n) is 3.75. The van der Waals surface area contributed by atoms with E-state index in [4.69, 9.17) is 0 Å². The summed E-state index contributed by atoms with van der Waals surface area (Å²) in [5, 5.41) is 7.78. The van der Waals surface area contributed by atoms with E-state index in [1.807, 2.05) is 43.3 Å². The Bertz CT molecular complexity index is 1110. The molecule has 0 fully saturated rings. The van der Waals surface area contributed by atoms with Gasteiger partial charge in [-0.1, -0.05) is 35.6 Å². The number of anilines is 1. The van der Waals surface area contributed by atoms with Crippen LogP contribution in [0.1, 0.15) is 5.69 Å². The molecule has 0 aliphatic rings. The molecule has 136 valence electrons. The van der Waals surface area contributed by atoms with Gasteiger partial charge >= 0.3 is 0 Å². The van der Waals surface area contributed by atoms with E-state index in [2.05, 4.69) is 15.4 Å². The molecule has 0 aliphatic heterocycles. The summed E-state index contributed by atoms with van der Waals surface area (Å²) in [4.78, 5) is 17.7. The van der Waals surface area contributed by atoms with Gasteiger partial charge in [0, 0.05) is 11.0 Å². The van der Waals surface area contributed by atoms with Crippen LogP contribution in [-0.4, -0.2) is 26.4 Å². The van der Waals surface area contributed by atoms with Crippen molar-refractivity contribution in [1.29, 1.82) is 0 Å². The summed E-state index contributed by atoms with van der Waals surface area (Å²) in [6.45, 7) is 1.83. The molecule has 2 aromatic heterocycles. The average Bonchev–Trinajstić information content (AvgIpc) is 3.25. The number of nitrogens with zero attached hydrogens (tertiary/aromatic N) is 3. The van der Waals surface area contributed by atoms with Gasteiger partial charge in [0.1, 0.15) is 17.2 Å². The molecule has 1 amide bonds. The number of amides is 1. The summed E-state index contributed by atoms with van der Waals surface area (Å²) in [5.74, 6) is 0.287. The number of aromatic nitrogens is 3. The van der Waals surface area contributed by atoms with E-state index in [9.17, 15) is 9.18 Å². The Morgan fingerprint density at radius 3 is 2.81 bits per heavy atom. The summed E-state index contributed by atoms with van der Waals surface area (Å²) in [6, 6.07) is 16.3. The van der Waals surface area contributed by atoms with Crippen molar-refractivity contribution in [2.24, 2.45) is 0 Å². The first-order valence-corrected chi connectivity index (χ1v) is 10.00. The van der Waals surface area contributed by atoms with Crippen molar-refractivity contribution in [3.63, 3.8) is 0 Å². The molecule has 8 heteroatoms. The van der Waals surface area contributed by atoms with Crippen molar-refractivity contribution in [3.05, 3.63) is 66.1 Å². The SMILES string of the molecule is Cc1cc(NC(=O)CSc2ccccc2)n(-c2nc3c(F)cccc3s2)n1. The second-order valence-corrected chi connectivity index (χ2v) is 7.87. The minimum atomic E-state index is -0.372. The zero-order chi connectivity index (χ0) is 18.8. The summed E-state index contributed by atoms with van der Waals surface area (Å²) in [5.41, 5.74) is 1.04. The number of benzene rings is 2. The normalized spacial score (nSPS) is 11.0. The van der Waals surface area contributed by atoms with Crippen molar-refractivity contribution < 1.29 is 9.18 Å². The minimum absolute atomic E-state index is 0.141. The van der Waals surface area contributed by atoms with E-state index in [-0.39, 0.29) is 17.5 Å². The molecular formula is C19H15FN4OS2. The third-order valence-corrected chi connectivity index (χ3v) is 5.76. The number of carbonyl (C=O) groups excluding carboxylic acids is 1. The summed E-state index contributed by atoms with van der Waals surface area (Å²) in [7, 11) is 0. The molecule has 0 atom stereocenters. The molecular weight excluding hydrogens is 383 g/mol. The topological polar surface area (TPSA) is 59.8 Å². The van der Waals surface area contributed by atoms with Crippen LogP contribution in [0.25, 0.3) is 15.3 Å². The maximum atomic E-state index is 13.9. The molecule has 0 saturated heterocycles. The summed E-state index contributed by atoms with van der Waals surface area (Å²) in [6.07, 6.45) is 0. The standard InChI is InChI=1S/C19H15FN4OS2/c1-12-10-16(21-17(25)11-26-13-6-3-2-4-7-13)24(23-12)19-22-18-14(20)8-5-9-15(18)27-19/h2-10H,11H2,1H3,(H,21,25). The van der Waals surface area contributed by atoms with Crippen LogP contribution in [0.5, 0.6) is 0 Å². The van der Waals surface area contributed by atoms with Gasteiger partial charge in [-0.05, 0) is 31.2 Å². The second-order valence-electron chi connectivity index (χ2n) is 5.82. The number of nitrogens with one attached hydrogen (secondary N) is 1. The Morgan fingerprint density at radius 2 is 2.04 bits per heavy atom. The maximum Gasteiger partial charge on any atom is 0.235 e. The molecule has 0 bridgehead atoms. The van der Waals surface area contributed by atoms with Crippen LogP contribution < -0.4 is 5.32 Å². The van der Waals surface area contributed by atoms with Gasteiger partial charge in [-0.25, -0.2) is 9.37 Å². The molecule has 0 unspecified atom stereocenters. The van der Waals surface area contributed by atoms with Crippen molar-refractivity contribution in [2.75, 3.05) is 11.1 Å². The van der Waals surface area contributed by atoms with E-state index in [1.165, 1.54) is 29.2 Å². The molecule has 0 spiro atoms. The van der Waals surface area contributed by atoms with Gasteiger partial charge in [-0.2, -0.15) is 9.78 Å². The monoisotopic (exact) mass is 398 g/mol. The van der Waals surface area contributed by atoms with Crippen LogP contribution in [0.15, 0.2) is 59.5 Å². The fraction of sp³-hybridized carbons (Fsp3) is 0.105. The van der Waals surface area contributed by atoms with E-state index >= 15 is 0 Å². The lowest BCUT2D eigenvalue weighted by Gasteiger charge is -2.06. The van der Waals surface area contributed by atoms with E-state index in [0.717, 1.165) is 15.3 Å². The first kappa shape index (κ1) is 17.7. The van der Waals surface area contributed by atoms with Gasteiger partial charge in [0.2, 0.25) is 11.0 Å². The minimum Gasteiger partial charge on any atom is -0.310 e. The highest BCUT2D eigenvalue weighted by Crippen LogP contribution is 2.28. The van der Waals surface area contributed by atoms with E-state index in [1.54, 1.807) is 16.8 Å². The van der Waals surface area contributed by atoms with Gasteiger partial charge in [-0.3, -0.25) is 4.79 Å². The van der Waals surface area contributed by atoms with Crippen LogP contribution in [0.3, 0.4) is 0 Å². The van der Waals surface area contributed by atoms with Gasteiger partial charge in [0.05, 0.1) is 16.1 Å². The lowest BCUT2D eigenvalue weighted by molar-refractivity contribution is -0.113. The third kappa shape index (κ3) is 3.86. The van der Waals surface area contributed by atoms with Crippen LogP contribution in [-0.2, 0) is 4.79 Å². The predicted molar refractivity (Wildman–Crippen MR) is 107 cm³/mol. The Labute approximate surface area is 163 Å². The van der Waals surface area contributed by atoms with Crippen molar-refractivity contribution in [1.82, 2.24) is 14.8 Å². The van der Waals surface area contributed by atoms with Crippen LogP contribution in [0, 0.1) is 12.7 Å². The molecule has 1 N–H and O–H groups in total. The Morgan fingerprint density at radius 1 is 1.22 bits per heavy atom. The first-order valence-electron chi connectivity index (χ1n) is 8.20. The van der Waals surface area contributed by atoms with Gasteiger partial charge < -0.3 is 5.32 Å². The number of carbonyl (C=O) groups is 1. The lowest BCUT2D eigenvalue weighted by Crippen LogP contribution is -2.16. The van der Waals surface area contributed by atoms with Gasteiger partial charge in [0.25, 0.3) is 0 Å². The Hall–Kier alpha value is -2.71. The zero-order valence-electron chi connectivity index (χ0n) is 14.3. The fourth-order valence-electron chi connectivity index (χ4n) is 2.57. The largest absolute Gasteiger partial charge is 0.310 e. The zero-order valence-corrected chi connectivity index (χ0v) is 16.0. The number of thiazole rings is 1. The van der Waals surface area contributed by atoms with Crippen molar-refractivity contribution in [2.45, 2.75) is 11.8 Å². The number of hydrogen-bond acceptors (Lipinski definition) is 5. The quantitative estimate of drug-likeness (QED) is 0.497. The summed E-state index contributed by atoms with van der Waals surface area (Å²) >= 11 is 2.78. The molecule has 0 radical (unpaired) electrons. The number of fused-ring (bicyclic) bond motifs is 1. The van der Waals surface area contributed by atoms with Gasteiger partial charge in [-0.15, -0.1) is 11.8 Å². The van der Waals surface area contributed by atoms with Crippen LogP contribution >= 0.6 is 23.1 Å². The molecule has 2 aromatic carbocycles. The fourth-order valence-corrected chi connectivity index (χ4v) is 4.24. The second kappa shape index (κ2) is 7.50. The summed E-state index contributed by atoms with van der Waals surface area (Å²) < 4.78 is 16.2. The highest BCUT2D eigenvalue weighted by molar-refractivity contribution is 8.00. The number of para-hydroxylation sites is 1. The molecule has 0 saturated carbocycles. The Balaban J connectivity index is 1.55. The highest BCUT2D eigenvalue weighted by atomic mass is 32.2. The molecule has 4 aromatic rings. The average molecular weight is 398 g/mol. The maximum absolute atomic E-state index is 13.9. The first-order chi connectivity index (χ1) is 13.1. The molecule has 5 nitrogen and oxygen atoms in total. The lowest BCUT2D eigenvalue weighted by atomic mass is 10.3. The smallest absolute Gasteiger partial charge is 0.235 e. The Kier molecular flexibility index (Phi) is 4.91. The predicted octanol–water partition coefficient (Wildman–Crippen LogP) is 4.66. The van der Waals surface area contributed by atoms with Crippen LogP contribution in [0.2, 0.25) is 0 Å². The van der Waals surface area contributed by atoms with Crippen molar-refractivity contribution in [3.8, 4) is 5.13 Å². The highest BCUT2D eigenvalue weighted by Gasteiger charge is 2.16. The van der Waals surface area contributed by atoms with E-state index in [0.29, 0.717) is 16.5 Å². The van der Waals surface area contributed by atoms with E-state index < -0.39 is 0 Å². The number of hydrogen-bond donors (Lipinski definition) is 1. The number of rotatable bonds is 5.